The molecule has 0 amide bonds. The van der Waals surface area contributed by atoms with E-state index >= 15 is 0 Å². The molecule has 2 unspecified atom stereocenters. The maximum absolute atomic E-state index is 3.67. The fourth-order valence-electron chi connectivity index (χ4n) is 1.29. The molecule has 0 heterocycles. The van der Waals surface area contributed by atoms with E-state index in [0.717, 1.165) is 19.6 Å². The van der Waals surface area contributed by atoms with E-state index in [4.69, 9.17) is 0 Å². The van der Waals surface area contributed by atoms with E-state index < -0.39 is 0 Å². The van der Waals surface area contributed by atoms with Crippen molar-refractivity contribution in [3.8, 4) is 0 Å². The third kappa shape index (κ3) is 4.05. The molecule has 0 radical (unpaired) electrons. The minimum Gasteiger partial charge on any atom is -0.0912 e. The van der Waals surface area contributed by atoms with Crippen molar-refractivity contribution in [1.29, 1.82) is 0 Å². The van der Waals surface area contributed by atoms with Crippen LogP contribution in [0.5, 0.6) is 0 Å². The van der Waals surface area contributed by atoms with Crippen LogP contribution < -0.4 is 0 Å². The summed E-state index contributed by atoms with van der Waals surface area (Å²) in [4.78, 5) is 0.622. The van der Waals surface area contributed by atoms with E-state index in [1.54, 1.807) is 0 Å². The Morgan fingerprint density at radius 2 is 1.12 bits per heavy atom. The number of alkyl halides is 4. The van der Waals surface area contributed by atoms with Gasteiger partial charge in [-0.2, -0.15) is 0 Å². The highest BCUT2D eigenvalue weighted by Gasteiger charge is 2.18. The summed E-state index contributed by atoms with van der Waals surface area (Å²) in [5.74, 6) is 0. The number of halogens is 6. The molecule has 0 nitrogen and oxygen atoms in total. The van der Waals surface area contributed by atoms with Crippen LogP contribution in [0, 0.1) is 0 Å². The monoisotopic (exact) mass is 602 g/mol. The van der Waals surface area contributed by atoms with Crippen LogP contribution in [-0.4, -0.2) is 10.7 Å². The Bertz CT molecular complexity index is 330. The second kappa shape index (κ2) is 7.63. The average Bonchev–Trinajstić information content (AvgIpc) is 2.30. The lowest BCUT2D eigenvalue weighted by atomic mass is 10.0. The van der Waals surface area contributed by atoms with Crippen molar-refractivity contribution in [3.05, 3.63) is 32.2 Å². The Morgan fingerprint density at radius 1 is 0.812 bits per heavy atom. The minimum absolute atomic E-state index is 0.311. The molecule has 1 aromatic rings. The zero-order valence-electron chi connectivity index (χ0n) is 7.99. The van der Waals surface area contributed by atoms with E-state index in [9.17, 15) is 0 Å². The molecule has 2 atom stereocenters. The van der Waals surface area contributed by atoms with Crippen molar-refractivity contribution >= 4 is 95.6 Å². The van der Waals surface area contributed by atoms with Crippen LogP contribution in [0.4, 0.5) is 0 Å². The molecule has 0 spiro atoms. The maximum Gasteiger partial charge on any atom is 0.0495 e. The molecule has 90 valence electrons. The van der Waals surface area contributed by atoms with E-state index in [2.05, 4.69) is 108 Å². The molecular formula is C10H8Br6. The van der Waals surface area contributed by atoms with Crippen LogP contribution in [0.15, 0.2) is 21.1 Å². The summed E-state index contributed by atoms with van der Waals surface area (Å²) in [6.45, 7) is 0. The Hall–Kier alpha value is 2.10. The lowest BCUT2D eigenvalue weighted by Gasteiger charge is -2.17. The molecule has 0 aromatic heterocycles. The van der Waals surface area contributed by atoms with Crippen molar-refractivity contribution < 1.29 is 0 Å². The SMILES string of the molecule is BrCC(Br)c1cc(Br)c(Br)cc1C(Br)CBr. The van der Waals surface area contributed by atoms with Crippen LogP contribution in [0.25, 0.3) is 0 Å². The van der Waals surface area contributed by atoms with Gasteiger partial charge in [0.1, 0.15) is 0 Å². The van der Waals surface area contributed by atoms with E-state index in [1.807, 2.05) is 0 Å². The number of hydrogen-bond donors (Lipinski definition) is 0. The summed E-state index contributed by atoms with van der Waals surface area (Å²) in [5, 5.41) is 1.77. The summed E-state index contributed by atoms with van der Waals surface area (Å²) >= 11 is 21.4. The zero-order chi connectivity index (χ0) is 12.3. The molecule has 0 aliphatic heterocycles. The molecule has 0 fully saturated rings. The standard InChI is InChI=1S/C10H8Br6/c11-3-9(15)5-1-7(13)8(14)2-6(5)10(16)4-12/h1-2,9-10H,3-4H2. The van der Waals surface area contributed by atoms with E-state index in [1.165, 1.54) is 11.1 Å². The molecular weight excluding hydrogens is 600 g/mol. The molecule has 16 heavy (non-hydrogen) atoms. The lowest BCUT2D eigenvalue weighted by Crippen LogP contribution is -2.02. The van der Waals surface area contributed by atoms with Gasteiger partial charge < -0.3 is 0 Å². The van der Waals surface area contributed by atoms with Crippen LogP contribution in [0.3, 0.4) is 0 Å². The molecule has 0 aliphatic carbocycles. The number of rotatable bonds is 4. The highest BCUT2D eigenvalue weighted by Crippen LogP contribution is 2.39. The van der Waals surface area contributed by atoms with Gasteiger partial charge in [0.2, 0.25) is 0 Å². The summed E-state index contributed by atoms with van der Waals surface area (Å²) < 4.78 is 2.15. The van der Waals surface area contributed by atoms with Gasteiger partial charge in [-0.15, -0.1) is 0 Å². The average molecular weight is 608 g/mol. The van der Waals surface area contributed by atoms with Gasteiger partial charge >= 0.3 is 0 Å². The predicted octanol–water partition coefficient (Wildman–Crippen LogP) is 6.87. The second-order valence-electron chi connectivity index (χ2n) is 3.14. The molecule has 0 saturated heterocycles. The third-order valence-corrected chi connectivity index (χ3v) is 8.58. The number of benzene rings is 1. The Morgan fingerprint density at radius 3 is 1.38 bits per heavy atom. The smallest absolute Gasteiger partial charge is 0.0495 e. The van der Waals surface area contributed by atoms with Gasteiger partial charge in [0.25, 0.3) is 0 Å². The van der Waals surface area contributed by atoms with Gasteiger partial charge in [-0.05, 0) is 55.1 Å². The fraction of sp³-hybridized carbons (Fsp3) is 0.400. The molecule has 6 heteroatoms. The van der Waals surface area contributed by atoms with Crippen molar-refractivity contribution in [2.24, 2.45) is 0 Å². The first-order valence-electron chi connectivity index (χ1n) is 4.40. The summed E-state index contributed by atoms with van der Waals surface area (Å²) in [6.07, 6.45) is 0. The largest absolute Gasteiger partial charge is 0.0912 e. The Labute approximate surface area is 146 Å². The third-order valence-electron chi connectivity index (χ3n) is 2.07. The maximum atomic E-state index is 3.67. The van der Waals surface area contributed by atoms with Crippen molar-refractivity contribution in [2.45, 2.75) is 9.65 Å². The summed E-state index contributed by atoms with van der Waals surface area (Å²) in [5.41, 5.74) is 2.57. The van der Waals surface area contributed by atoms with E-state index in [0.29, 0.717) is 9.65 Å². The normalized spacial score (nSPS) is 14.9. The topological polar surface area (TPSA) is 0 Å². The molecule has 0 saturated carbocycles. The first kappa shape index (κ1) is 16.2. The number of hydrogen-bond acceptors (Lipinski definition) is 0. The molecule has 0 N–H and O–H groups in total. The first-order valence-corrected chi connectivity index (χ1v) is 10.1. The Kier molecular flexibility index (Phi) is 7.71. The van der Waals surface area contributed by atoms with E-state index in [-0.39, 0.29) is 0 Å². The van der Waals surface area contributed by atoms with Gasteiger partial charge in [0.05, 0.1) is 0 Å². The van der Waals surface area contributed by atoms with Crippen LogP contribution in [0.1, 0.15) is 20.8 Å². The lowest BCUT2D eigenvalue weighted by molar-refractivity contribution is 1.04. The van der Waals surface area contributed by atoms with Crippen molar-refractivity contribution in [2.75, 3.05) is 10.7 Å². The highest BCUT2D eigenvalue weighted by atomic mass is 79.9. The first-order chi connectivity index (χ1) is 7.51. The molecule has 1 aromatic carbocycles. The minimum atomic E-state index is 0.311. The Balaban J connectivity index is 3.27. The van der Waals surface area contributed by atoms with Gasteiger partial charge in [0, 0.05) is 29.3 Å². The fourth-order valence-corrected chi connectivity index (χ4v) is 3.50. The predicted molar refractivity (Wildman–Crippen MR) is 92.8 cm³/mol. The van der Waals surface area contributed by atoms with Crippen LogP contribution in [0.2, 0.25) is 0 Å². The van der Waals surface area contributed by atoms with Gasteiger partial charge in [-0.1, -0.05) is 63.7 Å². The second-order valence-corrected chi connectivity index (χ2v) is 8.35. The van der Waals surface area contributed by atoms with Crippen molar-refractivity contribution in [3.63, 3.8) is 0 Å². The molecule has 0 bridgehead atoms. The quantitative estimate of drug-likeness (QED) is 0.328. The van der Waals surface area contributed by atoms with Crippen molar-refractivity contribution in [1.82, 2.24) is 0 Å². The van der Waals surface area contributed by atoms with Gasteiger partial charge in [-0.3, -0.25) is 0 Å². The van der Waals surface area contributed by atoms with Gasteiger partial charge in [0.15, 0.2) is 0 Å². The van der Waals surface area contributed by atoms with Crippen LogP contribution in [-0.2, 0) is 0 Å². The van der Waals surface area contributed by atoms with Gasteiger partial charge in [-0.25, -0.2) is 0 Å². The molecule has 0 aliphatic rings. The molecule has 1 rings (SSSR count). The summed E-state index contributed by atoms with van der Waals surface area (Å²) in [6, 6.07) is 4.30. The highest BCUT2D eigenvalue weighted by molar-refractivity contribution is 9.13. The zero-order valence-corrected chi connectivity index (χ0v) is 17.5. The summed E-state index contributed by atoms with van der Waals surface area (Å²) in [7, 11) is 0. The van der Waals surface area contributed by atoms with Crippen LogP contribution >= 0.6 is 95.6 Å².